The lowest BCUT2D eigenvalue weighted by Gasteiger charge is -2.35. The zero-order valence-corrected chi connectivity index (χ0v) is 12.0. The van der Waals surface area contributed by atoms with Crippen molar-refractivity contribution >= 4 is 37.8 Å². The van der Waals surface area contributed by atoms with Crippen molar-refractivity contribution in [3.05, 3.63) is 9.47 Å². The first-order valence-corrected chi connectivity index (χ1v) is 6.45. The van der Waals surface area contributed by atoms with E-state index >= 15 is 0 Å². The highest BCUT2D eigenvalue weighted by Gasteiger charge is 2.29. The quantitative estimate of drug-likeness (QED) is 0.785. The van der Waals surface area contributed by atoms with Crippen molar-refractivity contribution < 1.29 is 9.53 Å². The van der Waals surface area contributed by atoms with Crippen LogP contribution >= 0.6 is 31.9 Å². The van der Waals surface area contributed by atoms with E-state index in [1.54, 1.807) is 0 Å². The molecule has 15 heavy (non-hydrogen) atoms. The Hall–Kier alpha value is 0.130. The molecule has 5 heteroatoms. The van der Waals surface area contributed by atoms with Gasteiger partial charge in [0.05, 0.1) is 8.99 Å². The van der Waals surface area contributed by atoms with E-state index in [1.165, 1.54) is 6.08 Å². The first kappa shape index (κ1) is 13.2. The summed E-state index contributed by atoms with van der Waals surface area (Å²) in [7, 11) is 0. The van der Waals surface area contributed by atoms with Gasteiger partial charge in [0.1, 0.15) is 0 Å². The summed E-state index contributed by atoms with van der Waals surface area (Å²) in [5, 5.41) is 2.95. The zero-order valence-electron chi connectivity index (χ0n) is 8.85. The SMILES string of the molecule is CC1(C)CC(NC(=O)C=C(Br)Br)CCO1. The summed E-state index contributed by atoms with van der Waals surface area (Å²) in [5.41, 5.74) is -0.133. The van der Waals surface area contributed by atoms with Gasteiger partial charge in [0.15, 0.2) is 0 Å². The van der Waals surface area contributed by atoms with Gasteiger partial charge >= 0.3 is 0 Å². The van der Waals surface area contributed by atoms with E-state index in [0.717, 1.165) is 12.8 Å². The lowest BCUT2D eigenvalue weighted by Crippen LogP contribution is -2.45. The molecule has 0 spiro atoms. The van der Waals surface area contributed by atoms with E-state index in [-0.39, 0.29) is 17.6 Å². The molecule has 3 nitrogen and oxygen atoms in total. The van der Waals surface area contributed by atoms with E-state index in [0.29, 0.717) is 10.00 Å². The normalized spacial score (nSPS) is 24.4. The number of halogens is 2. The van der Waals surface area contributed by atoms with Gasteiger partial charge in [-0.3, -0.25) is 4.79 Å². The summed E-state index contributed by atoms with van der Waals surface area (Å²) in [6, 6.07) is 0.205. The number of carbonyl (C=O) groups excluding carboxylic acids is 1. The van der Waals surface area contributed by atoms with E-state index in [4.69, 9.17) is 4.74 Å². The number of carbonyl (C=O) groups is 1. The third-order valence-electron chi connectivity index (χ3n) is 2.28. The number of hydrogen-bond acceptors (Lipinski definition) is 2. The van der Waals surface area contributed by atoms with Crippen LogP contribution in [0.2, 0.25) is 0 Å². The molecule has 1 saturated heterocycles. The van der Waals surface area contributed by atoms with Crippen molar-refractivity contribution in [2.45, 2.75) is 38.3 Å². The van der Waals surface area contributed by atoms with Gasteiger partial charge in [-0.05, 0) is 58.5 Å². The second-order valence-electron chi connectivity index (χ2n) is 4.24. The molecular formula is C10H15Br2NO2. The maximum atomic E-state index is 11.4. The zero-order chi connectivity index (χ0) is 11.5. The van der Waals surface area contributed by atoms with Crippen molar-refractivity contribution in [2.24, 2.45) is 0 Å². The van der Waals surface area contributed by atoms with Crippen molar-refractivity contribution in [3.8, 4) is 0 Å². The Kier molecular flexibility index (Phi) is 4.80. The fraction of sp³-hybridized carbons (Fsp3) is 0.700. The third-order valence-corrected chi connectivity index (χ3v) is 2.74. The van der Waals surface area contributed by atoms with Crippen LogP contribution < -0.4 is 5.32 Å². The molecule has 1 aliphatic rings. The Morgan fingerprint density at radius 3 is 2.73 bits per heavy atom. The molecule has 0 aromatic rings. The molecule has 1 aliphatic heterocycles. The number of ether oxygens (including phenoxy) is 1. The van der Waals surface area contributed by atoms with Crippen LogP contribution in [0, 0.1) is 0 Å². The predicted molar refractivity (Wildman–Crippen MR) is 67.1 cm³/mol. The second kappa shape index (κ2) is 5.46. The summed E-state index contributed by atoms with van der Waals surface area (Å²) in [5.74, 6) is -0.0820. The minimum atomic E-state index is -0.133. The standard InChI is InChI=1S/C10H15Br2NO2/c1-10(2)6-7(3-4-15-10)13-9(14)5-8(11)12/h5,7H,3-4,6H2,1-2H3,(H,13,14). The van der Waals surface area contributed by atoms with E-state index < -0.39 is 0 Å². The van der Waals surface area contributed by atoms with Crippen LogP contribution in [0.25, 0.3) is 0 Å². The maximum Gasteiger partial charge on any atom is 0.245 e. The topological polar surface area (TPSA) is 38.3 Å². The lowest BCUT2D eigenvalue weighted by molar-refractivity contribution is -0.119. The van der Waals surface area contributed by atoms with Gasteiger partial charge < -0.3 is 10.1 Å². The van der Waals surface area contributed by atoms with Crippen LogP contribution in [-0.2, 0) is 9.53 Å². The summed E-state index contributed by atoms with van der Waals surface area (Å²) < 4.78 is 6.22. The van der Waals surface area contributed by atoms with Crippen molar-refractivity contribution in [2.75, 3.05) is 6.61 Å². The Morgan fingerprint density at radius 1 is 1.53 bits per heavy atom. The summed E-state index contributed by atoms with van der Waals surface area (Å²) in [4.78, 5) is 11.4. The van der Waals surface area contributed by atoms with Crippen LogP contribution in [0.5, 0.6) is 0 Å². The number of amides is 1. The van der Waals surface area contributed by atoms with E-state index in [9.17, 15) is 4.79 Å². The predicted octanol–water partition coefficient (Wildman–Crippen LogP) is 2.69. The number of rotatable bonds is 2. The van der Waals surface area contributed by atoms with Gasteiger partial charge in [0.25, 0.3) is 0 Å². The molecule has 0 aliphatic carbocycles. The average molecular weight is 341 g/mol. The summed E-state index contributed by atoms with van der Waals surface area (Å²) >= 11 is 6.31. The van der Waals surface area contributed by atoms with Crippen molar-refractivity contribution in [1.82, 2.24) is 5.32 Å². The Balaban J connectivity index is 2.45. The molecule has 0 aromatic carbocycles. The number of nitrogens with one attached hydrogen (secondary N) is 1. The second-order valence-corrected chi connectivity index (χ2v) is 7.01. The molecule has 86 valence electrons. The Labute approximate surface area is 107 Å². The molecule has 0 aromatic heterocycles. The minimum Gasteiger partial charge on any atom is -0.375 e. The van der Waals surface area contributed by atoms with Gasteiger partial charge in [-0.2, -0.15) is 0 Å². The van der Waals surface area contributed by atoms with Gasteiger partial charge in [-0.1, -0.05) is 0 Å². The third kappa shape index (κ3) is 5.13. The molecule has 1 rings (SSSR count). The molecule has 0 radical (unpaired) electrons. The summed E-state index contributed by atoms with van der Waals surface area (Å²) in [6.45, 7) is 4.79. The first-order chi connectivity index (χ1) is 6.89. The monoisotopic (exact) mass is 339 g/mol. The van der Waals surface area contributed by atoms with Crippen LogP contribution in [-0.4, -0.2) is 24.2 Å². The molecule has 1 fully saturated rings. The van der Waals surface area contributed by atoms with Gasteiger partial charge in [0, 0.05) is 18.7 Å². The molecule has 1 unspecified atom stereocenters. The van der Waals surface area contributed by atoms with E-state index in [1.807, 2.05) is 13.8 Å². The highest BCUT2D eigenvalue weighted by molar-refractivity contribution is 9.28. The smallest absolute Gasteiger partial charge is 0.245 e. The molecular weight excluding hydrogens is 326 g/mol. The highest BCUT2D eigenvalue weighted by Crippen LogP contribution is 2.24. The van der Waals surface area contributed by atoms with Gasteiger partial charge in [0.2, 0.25) is 5.91 Å². The van der Waals surface area contributed by atoms with E-state index in [2.05, 4.69) is 37.2 Å². The maximum absolute atomic E-state index is 11.4. The molecule has 0 saturated carbocycles. The highest BCUT2D eigenvalue weighted by atomic mass is 79.9. The number of hydrogen-bond donors (Lipinski definition) is 1. The fourth-order valence-corrected chi connectivity index (χ4v) is 2.11. The fourth-order valence-electron chi connectivity index (χ4n) is 1.70. The first-order valence-electron chi connectivity index (χ1n) is 4.86. The van der Waals surface area contributed by atoms with Crippen molar-refractivity contribution in [1.29, 1.82) is 0 Å². The van der Waals surface area contributed by atoms with Crippen LogP contribution in [0.3, 0.4) is 0 Å². The Bertz CT molecular complexity index is 273. The van der Waals surface area contributed by atoms with Crippen molar-refractivity contribution in [3.63, 3.8) is 0 Å². The van der Waals surface area contributed by atoms with Crippen LogP contribution in [0.1, 0.15) is 26.7 Å². The molecule has 0 bridgehead atoms. The average Bonchev–Trinajstić information content (AvgIpc) is 1.99. The lowest BCUT2D eigenvalue weighted by atomic mass is 9.94. The molecule has 1 atom stereocenters. The molecule has 1 amide bonds. The molecule has 1 N–H and O–H groups in total. The van der Waals surface area contributed by atoms with Crippen LogP contribution in [0.15, 0.2) is 9.47 Å². The van der Waals surface area contributed by atoms with Gasteiger partial charge in [-0.25, -0.2) is 0 Å². The molecule has 1 heterocycles. The van der Waals surface area contributed by atoms with Crippen LogP contribution in [0.4, 0.5) is 0 Å². The van der Waals surface area contributed by atoms with Gasteiger partial charge in [-0.15, -0.1) is 0 Å². The summed E-state index contributed by atoms with van der Waals surface area (Å²) in [6.07, 6.45) is 3.21. The minimum absolute atomic E-state index is 0.0820. The Morgan fingerprint density at radius 2 is 2.20 bits per heavy atom. The largest absolute Gasteiger partial charge is 0.375 e.